The summed E-state index contributed by atoms with van der Waals surface area (Å²) in [5.41, 5.74) is 4.83. The lowest BCUT2D eigenvalue weighted by Gasteiger charge is -2.23. The molecule has 0 heterocycles. The van der Waals surface area contributed by atoms with E-state index in [4.69, 9.17) is 0 Å². The van der Waals surface area contributed by atoms with Gasteiger partial charge in [0.1, 0.15) is 11.5 Å². The summed E-state index contributed by atoms with van der Waals surface area (Å²) >= 11 is 10.7. The molecule has 3 rings (SSSR count). The Hall–Kier alpha value is -0.300. The van der Waals surface area contributed by atoms with Crippen molar-refractivity contribution in [1.29, 1.82) is 0 Å². The van der Waals surface area contributed by atoms with Gasteiger partial charge in [-0.2, -0.15) is 23.5 Å². The predicted molar refractivity (Wildman–Crippen MR) is 174 cm³/mol. The second-order valence-corrected chi connectivity index (χ2v) is 16.0. The van der Waals surface area contributed by atoms with Gasteiger partial charge in [0.25, 0.3) is 0 Å². The monoisotopic (exact) mass is 672 g/mol. The minimum absolute atomic E-state index is 0.107. The fourth-order valence-corrected chi connectivity index (χ4v) is 7.18. The largest absolute Gasteiger partial charge is 0.506 e. The quantitative estimate of drug-likeness (QED) is 0.331. The zero-order chi connectivity index (χ0) is 27.8. The molecule has 208 valence electrons. The molecule has 2 N–H and O–H groups in total. The van der Waals surface area contributed by atoms with Gasteiger partial charge in [0.15, 0.2) is 0 Å². The molecule has 0 atom stereocenters. The fourth-order valence-electron chi connectivity index (χ4n) is 4.35. The Morgan fingerprint density at radius 2 is 1.11 bits per heavy atom. The lowest BCUT2D eigenvalue weighted by Crippen LogP contribution is -2.12. The summed E-state index contributed by atoms with van der Waals surface area (Å²) in [6.07, 6.45) is 11.7. The maximum absolute atomic E-state index is 10.4. The van der Waals surface area contributed by atoms with Gasteiger partial charge >= 0.3 is 0 Å². The molecule has 2 nitrogen and oxygen atoms in total. The number of benzene rings is 2. The number of halogens is 2. The van der Waals surface area contributed by atoms with E-state index in [9.17, 15) is 10.2 Å². The first kappa shape index (κ1) is 32.9. The van der Waals surface area contributed by atoms with E-state index < -0.39 is 0 Å². The second kappa shape index (κ2) is 14.9. The smallest absolute Gasteiger partial charge is 0.133 e. The number of aromatic hydroxyl groups is 2. The van der Waals surface area contributed by atoms with Crippen molar-refractivity contribution >= 4 is 55.4 Å². The number of rotatable bonds is 5. The van der Waals surface area contributed by atoms with E-state index in [1.54, 1.807) is 11.8 Å². The van der Waals surface area contributed by atoms with E-state index in [0.717, 1.165) is 36.8 Å². The molecule has 2 aromatic carbocycles. The van der Waals surface area contributed by atoms with Gasteiger partial charge in [-0.1, -0.05) is 85.8 Å². The molecule has 1 fully saturated rings. The lowest BCUT2D eigenvalue weighted by molar-refractivity contribution is 0.465. The molecule has 0 amide bonds. The van der Waals surface area contributed by atoms with Gasteiger partial charge in [-0.25, -0.2) is 0 Å². The first-order valence-electron chi connectivity index (χ1n) is 13.4. The highest BCUT2D eigenvalue weighted by Crippen LogP contribution is 2.38. The third-order valence-corrected chi connectivity index (χ3v) is 10.1. The van der Waals surface area contributed by atoms with Crippen molar-refractivity contribution in [2.24, 2.45) is 0 Å². The highest BCUT2D eigenvalue weighted by atomic mass is 79.9. The Bertz CT molecular complexity index is 1000. The van der Waals surface area contributed by atoms with E-state index in [-0.39, 0.29) is 10.8 Å². The predicted octanol–water partition coefficient (Wildman–Crippen LogP) is 11.1. The molecule has 6 heteroatoms. The van der Waals surface area contributed by atoms with Crippen LogP contribution in [0.4, 0.5) is 0 Å². The summed E-state index contributed by atoms with van der Waals surface area (Å²) in [5.74, 6) is 2.55. The molecular weight excluding hydrogens is 628 g/mol. The summed E-state index contributed by atoms with van der Waals surface area (Å²) in [6.45, 7) is 13.2. The topological polar surface area (TPSA) is 40.5 Å². The van der Waals surface area contributed by atoms with Crippen LogP contribution in [0.1, 0.15) is 109 Å². The number of phenols is 2. The second-order valence-electron chi connectivity index (χ2n) is 12.1. The molecule has 0 saturated heterocycles. The molecule has 37 heavy (non-hydrogen) atoms. The minimum atomic E-state index is 0.107. The van der Waals surface area contributed by atoms with E-state index in [1.807, 2.05) is 24.1 Å². The Kier molecular flexibility index (Phi) is 13.3. The van der Waals surface area contributed by atoms with Crippen LogP contribution >= 0.6 is 55.4 Å². The fraction of sp³-hybridized carbons (Fsp3) is 0.613. The van der Waals surface area contributed by atoms with Gasteiger partial charge in [0, 0.05) is 27.9 Å². The molecular formula is C31H46Br2O2S2. The number of phenolic OH excluding ortho intramolecular Hbond substituents is 2. The zero-order valence-electron chi connectivity index (χ0n) is 23.7. The molecule has 1 aliphatic carbocycles. The number of thioether (sulfide) groups is 2. The van der Waals surface area contributed by atoms with Crippen molar-refractivity contribution in [2.45, 2.75) is 114 Å². The van der Waals surface area contributed by atoms with Gasteiger partial charge in [-0.15, -0.1) is 0 Å². The third-order valence-electron chi connectivity index (χ3n) is 6.84. The zero-order valence-corrected chi connectivity index (χ0v) is 28.5. The van der Waals surface area contributed by atoms with Crippen LogP contribution in [0.5, 0.6) is 11.5 Å². The molecule has 0 aromatic heterocycles. The van der Waals surface area contributed by atoms with E-state index in [0.29, 0.717) is 11.5 Å². The Balaban J connectivity index is 0.000000281. The van der Waals surface area contributed by atoms with Gasteiger partial charge < -0.3 is 10.2 Å². The van der Waals surface area contributed by atoms with Crippen LogP contribution in [0.2, 0.25) is 0 Å². The van der Waals surface area contributed by atoms with Crippen LogP contribution in [0.25, 0.3) is 0 Å². The molecule has 0 aliphatic heterocycles. The summed E-state index contributed by atoms with van der Waals surface area (Å²) in [7, 11) is 0. The van der Waals surface area contributed by atoms with Crippen LogP contribution in [0, 0.1) is 0 Å². The number of hydrogen-bond donors (Lipinski definition) is 2. The van der Waals surface area contributed by atoms with E-state index >= 15 is 0 Å². The highest BCUT2D eigenvalue weighted by Gasteiger charge is 2.20. The maximum Gasteiger partial charge on any atom is 0.133 e. The first-order chi connectivity index (χ1) is 17.2. The Morgan fingerprint density at radius 1 is 0.703 bits per heavy atom. The summed E-state index contributed by atoms with van der Waals surface area (Å²) in [4.78, 5) is 0. The first-order valence-corrected chi connectivity index (χ1v) is 17.4. The van der Waals surface area contributed by atoms with Crippen LogP contribution in [0.15, 0.2) is 33.2 Å². The average molecular weight is 675 g/mol. The summed E-state index contributed by atoms with van der Waals surface area (Å²) < 4.78 is 1.62. The molecule has 1 aliphatic rings. The van der Waals surface area contributed by atoms with Crippen molar-refractivity contribution in [3.8, 4) is 11.5 Å². The normalized spacial score (nSPS) is 15.5. The maximum atomic E-state index is 10.4. The molecule has 0 bridgehead atoms. The highest BCUT2D eigenvalue weighted by molar-refractivity contribution is 9.10. The standard InChI is InChI=1S/C19H29BrOS.C12H17BrOS/c1-19(2,3)15-11-14(18(21)17(20)12-15)13-22-16-9-7-5-4-6-8-10-16;1-12(2,3)9-5-8(7-15-4)11(14)10(13)6-9/h11-12,16,21H,4-10,13H2,1-3H3;5-6,14H,7H2,1-4H3. The van der Waals surface area contributed by atoms with Crippen molar-refractivity contribution in [1.82, 2.24) is 0 Å². The van der Waals surface area contributed by atoms with E-state index in [1.165, 1.54) is 56.1 Å². The van der Waals surface area contributed by atoms with Crippen LogP contribution in [0.3, 0.4) is 0 Å². The molecule has 0 radical (unpaired) electrons. The van der Waals surface area contributed by atoms with Gasteiger partial charge in [-0.05, 0) is 85.0 Å². The van der Waals surface area contributed by atoms with Crippen molar-refractivity contribution in [2.75, 3.05) is 6.26 Å². The van der Waals surface area contributed by atoms with Crippen LogP contribution < -0.4 is 0 Å². The SMILES string of the molecule is CC(C)(C)c1cc(Br)c(O)c(CSC2CCCCCCC2)c1.CSCc1cc(C(C)(C)C)cc(Br)c1O. The third kappa shape index (κ3) is 10.7. The summed E-state index contributed by atoms with van der Waals surface area (Å²) in [5, 5.41) is 21.0. The minimum Gasteiger partial charge on any atom is -0.506 e. The molecule has 2 aromatic rings. The Morgan fingerprint density at radius 3 is 1.51 bits per heavy atom. The molecule has 0 unspecified atom stereocenters. The van der Waals surface area contributed by atoms with Crippen LogP contribution in [-0.2, 0) is 22.3 Å². The van der Waals surface area contributed by atoms with Crippen molar-refractivity contribution in [3.05, 3.63) is 55.5 Å². The van der Waals surface area contributed by atoms with Gasteiger partial charge in [-0.3, -0.25) is 0 Å². The number of hydrogen-bond acceptors (Lipinski definition) is 4. The van der Waals surface area contributed by atoms with Crippen LogP contribution in [-0.4, -0.2) is 21.7 Å². The van der Waals surface area contributed by atoms with Gasteiger partial charge in [0.05, 0.1) is 8.95 Å². The summed E-state index contributed by atoms with van der Waals surface area (Å²) in [6, 6.07) is 8.34. The molecule has 0 spiro atoms. The average Bonchev–Trinajstić information content (AvgIpc) is 2.77. The van der Waals surface area contributed by atoms with Gasteiger partial charge in [0.2, 0.25) is 0 Å². The lowest BCUT2D eigenvalue weighted by atomic mass is 9.86. The molecule has 1 saturated carbocycles. The van der Waals surface area contributed by atoms with E-state index in [2.05, 4.69) is 91.6 Å². The van der Waals surface area contributed by atoms with Crippen molar-refractivity contribution < 1.29 is 10.2 Å². The van der Waals surface area contributed by atoms with Crippen molar-refractivity contribution in [3.63, 3.8) is 0 Å². The Labute approximate surface area is 251 Å².